The number of methoxy groups -OCH3 is 2. The lowest BCUT2D eigenvalue weighted by atomic mass is 9.84. The molecule has 1 unspecified atom stereocenters. The SMILES string of the molecule is COc1ccc(C(O)C2CCCCCCC2)c(OC)c1Br. The molecule has 1 atom stereocenters. The highest BCUT2D eigenvalue weighted by atomic mass is 79.9. The monoisotopic (exact) mass is 356 g/mol. The van der Waals surface area contributed by atoms with E-state index in [9.17, 15) is 5.11 Å². The van der Waals surface area contributed by atoms with E-state index in [-0.39, 0.29) is 0 Å². The number of halogens is 1. The number of benzene rings is 1. The molecule has 0 amide bonds. The summed E-state index contributed by atoms with van der Waals surface area (Å²) in [6.45, 7) is 0. The van der Waals surface area contributed by atoms with E-state index in [0.717, 1.165) is 28.6 Å². The summed E-state index contributed by atoms with van der Waals surface area (Å²) in [6.07, 6.45) is 8.03. The molecule has 1 fully saturated rings. The minimum Gasteiger partial charge on any atom is -0.495 e. The molecule has 0 bridgehead atoms. The van der Waals surface area contributed by atoms with Gasteiger partial charge in [0.05, 0.1) is 20.3 Å². The minimum absolute atomic E-state index is 0.319. The molecule has 3 nitrogen and oxygen atoms in total. The van der Waals surface area contributed by atoms with Gasteiger partial charge in [0.2, 0.25) is 0 Å². The van der Waals surface area contributed by atoms with E-state index in [1.54, 1.807) is 14.2 Å². The number of hydrogen-bond donors (Lipinski definition) is 1. The molecule has 4 heteroatoms. The van der Waals surface area contributed by atoms with Gasteiger partial charge < -0.3 is 14.6 Å². The Hall–Kier alpha value is -0.740. The maximum atomic E-state index is 10.8. The molecule has 1 aliphatic carbocycles. The van der Waals surface area contributed by atoms with Crippen molar-refractivity contribution in [2.45, 2.75) is 51.0 Å². The van der Waals surface area contributed by atoms with Crippen molar-refractivity contribution in [3.8, 4) is 11.5 Å². The quantitative estimate of drug-likeness (QED) is 0.836. The first-order valence-corrected chi connectivity index (χ1v) is 8.56. The average Bonchev–Trinajstić information content (AvgIpc) is 2.46. The third kappa shape index (κ3) is 3.92. The van der Waals surface area contributed by atoms with Crippen LogP contribution in [0.3, 0.4) is 0 Å². The molecule has 1 saturated carbocycles. The van der Waals surface area contributed by atoms with Crippen LogP contribution in [0.4, 0.5) is 0 Å². The van der Waals surface area contributed by atoms with Crippen LogP contribution in [0.15, 0.2) is 16.6 Å². The van der Waals surface area contributed by atoms with Gasteiger partial charge in [-0.3, -0.25) is 0 Å². The van der Waals surface area contributed by atoms with Crippen molar-refractivity contribution >= 4 is 15.9 Å². The molecule has 21 heavy (non-hydrogen) atoms. The predicted octanol–water partition coefficient (Wildman–Crippen LogP) is 4.86. The molecule has 2 rings (SSSR count). The van der Waals surface area contributed by atoms with Gasteiger partial charge in [0.25, 0.3) is 0 Å². The second kappa shape index (κ2) is 8.04. The Morgan fingerprint density at radius 2 is 1.67 bits per heavy atom. The highest BCUT2D eigenvalue weighted by Gasteiger charge is 2.26. The third-order valence-electron chi connectivity index (χ3n) is 4.43. The van der Waals surface area contributed by atoms with E-state index in [0.29, 0.717) is 11.7 Å². The van der Waals surface area contributed by atoms with E-state index in [1.165, 1.54) is 32.1 Å². The molecule has 0 aromatic heterocycles. The van der Waals surface area contributed by atoms with Gasteiger partial charge in [-0.1, -0.05) is 32.1 Å². The van der Waals surface area contributed by atoms with Crippen molar-refractivity contribution < 1.29 is 14.6 Å². The lowest BCUT2D eigenvalue weighted by Crippen LogP contribution is -2.15. The molecule has 0 saturated heterocycles. The molecule has 118 valence electrons. The van der Waals surface area contributed by atoms with Gasteiger partial charge >= 0.3 is 0 Å². The van der Waals surface area contributed by atoms with Crippen molar-refractivity contribution in [1.29, 1.82) is 0 Å². The van der Waals surface area contributed by atoms with Crippen LogP contribution in [-0.2, 0) is 0 Å². The zero-order valence-corrected chi connectivity index (χ0v) is 14.5. The van der Waals surface area contributed by atoms with Crippen LogP contribution < -0.4 is 9.47 Å². The van der Waals surface area contributed by atoms with Gasteiger partial charge in [0, 0.05) is 5.56 Å². The van der Waals surface area contributed by atoms with Gasteiger partial charge in [-0.25, -0.2) is 0 Å². The van der Waals surface area contributed by atoms with Crippen LogP contribution in [-0.4, -0.2) is 19.3 Å². The zero-order chi connectivity index (χ0) is 15.2. The summed E-state index contributed by atoms with van der Waals surface area (Å²) in [5.74, 6) is 1.73. The van der Waals surface area contributed by atoms with Crippen molar-refractivity contribution in [2.75, 3.05) is 14.2 Å². The van der Waals surface area contributed by atoms with Gasteiger partial charge in [0.15, 0.2) is 0 Å². The smallest absolute Gasteiger partial charge is 0.142 e. The maximum absolute atomic E-state index is 10.8. The lowest BCUT2D eigenvalue weighted by molar-refractivity contribution is 0.0886. The molecule has 1 aromatic carbocycles. The Morgan fingerprint density at radius 1 is 1.05 bits per heavy atom. The van der Waals surface area contributed by atoms with Crippen LogP contribution >= 0.6 is 15.9 Å². The molecule has 0 spiro atoms. The molecule has 0 heterocycles. The summed E-state index contributed by atoms with van der Waals surface area (Å²) in [6, 6.07) is 3.81. The number of aliphatic hydroxyl groups excluding tert-OH is 1. The summed E-state index contributed by atoms with van der Waals surface area (Å²) < 4.78 is 11.6. The number of hydrogen-bond acceptors (Lipinski definition) is 3. The molecule has 1 N–H and O–H groups in total. The molecular formula is C17H25BrO3. The first-order chi connectivity index (χ1) is 10.2. The first-order valence-electron chi connectivity index (χ1n) is 7.77. The Balaban J connectivity index is 2.24. The minimum atomic E-state index is -0.472. The summed E-state index contributed by atoms with van der Waals surface area (Å²) in [5, 5.41) is 10.8. The highest BCUT2D eigenvalue weighted by Crippen LogP contribution is 2.43. The van der Waals surface area contributed by atoms with Crippen LogP contribution in [0.5, 0.6) is 11.5 Å². The van der Waals surface area contributed by atoms with E-state index in [4.69, 9.17) is 9.47 Å². The fourth-order valence-electron chi connectivity index (χ4n) is 3.21. The lowest BCUT2D eigenvalue weighted by Gasteiger charge is -2.27. The molecule has 1 aliphatic rings. The van der Waals surface area contributed by atoms with Crippen molar-refractivity contribution in [3.63, 3.8) is 0 Å². The van der Waals surface area contributed by atoms with Crippen molar-refractivity contribution in [3.05, 3.63) is 22.2 Å². The van der Waals surface area contributed by atoms with Crippen molar-refractivity contribution in [1.82, 2.24) is 0 Å². The van der Waals surface area contributed by atoms with E-state index in [2.05, 4.69) is 15.9 Å². The second-order valence-electron chi connectivity index (χ2n) is 5.75. The molecular weight excluding hydrogens is 332 g/mol. The fraction of sp³-hybridized carbons (Fsp3) is 0.647. The molecule has 1 aromatic rings. The Labute approximate surface area is 135 Å². The molecule has 0 aliphatic heterocycles. The highest BCUT2D eigenvalue weighted by molar-refractivity contribution is 9.10. The summed E-state index contributed by atoms with van der Waals surface area (Å²) in [5.41, 5.74) is 0.857. The number of rotatable bonds is 4. The molecule has 0 radical (unpaired) electrons. The largest absolute Gasteiger partial charge is 0.495 e. The van der Waals surface area contributed by atoms with Gasteiger partial charge in [-0.2, -0.15) is 0 Å². The van der Waals surface area contributed by atoms with E-state index >= 15 is 0 Å². The maximum Gasteiger partial charge on any atom is 0.142 e. The summed E-state index contributed by atoms with van der Waals surface area (Å²) in [7, 11) is 3.26. The Morgan fingerprint density at radius 3 is 2.24 bits per heavy atom. The third-order valence-corrected chi connectivity index (χ3v) is 5.18. The standard InChI is InChI=1S/C17H25BrO3/c1-20-14-11-10-13(17(21-2)15(14)18)16(19)12-8-6-4-3-5-7-9-12/h10-12,16,19H,3-9H2,1-2H3. The second-order valence-corrected chi connectivity index (χ2v) is 6.55. The average molecular weight is 357 g/mol. The number of ether oxygens (including phenoxy) is 2. The Bertz CT molecular complexity index is 454. The van der Waals surface area contributed by atoms with E-state index in [1.807, 2.05) is 12.1 Å². The van der Waals surface area contributed by atoms with E-state index < -0.39 is 6.10 Å². The van der Waals surface area contributed by atoms with Gasteiger partial charge in [-0.05, 0) is 46.8 Å². The first kappa shape index (κ1) is 16.6. The van der Waals surface area contributed by atoms with Crippen molar-refractivity contribution in [2.24, 2.45) is 5.92 Å². The summed E-state index contributed by atoms with van der Waals surface area (Å²) in [4.78, 5) is 0. The predicted molar refractivity (Wildman–Crippen MR) is 88.0 cm³/mol. The summed E-state index contributed by atoms with van der Waals surface area (Å²) >= 11 is 3.51. The van der Waals surface area contributed by atoms with Gasteiger partial charge in [-0.15, -0.1) is 0 Å². The normalized spacial score (nSPS) is 18.7. The fourth-order valence-corrected chi connectivity index (χ4v) is 3.89. The van der Waals surface area contributed by atoms with Gasteiger partial charge in [0.1, 0.15) is 16.0 Å². The van der Waals surface area contributed by atoms with Crippen LogP contribution in [0.2, 0.25) is 0 Å². The van der Waals surface area contributed by atoms with Crippen LogP contribution in [0, 0.1) is 5.92 Å². The zero-order valence-electron chi connectivity index (χ0n) is 12.9. The topological polar surface area (TPSA) is 38.7 Å². The number of aliphatic hydroxyl groups is 1. The van der Waals surface area contributed by atoms with Crippen LogP contribution in [0.25, 0.3) is 0 Å². The van der Waals surface area contributed by atoms with Crippen LogP contribution in [0.1, 0.15) is 56.6 Å². The Kier molecular flexibility index (Phi) is 6.37.